The van der Waals surface area contributed by atoms with Gasteiger partial charge in [-0.15, -0.1) is 0 Å². The molecule has 4 nitrogen and oxygen atoms in total. The number of amides is 1. The topological polar surface area (TPSA) is 51.2 Å². The lowest BCUT2D eigenvalue weighted by Gasteiger charge is -2.10. The summed E-state index contributed by atoms with van der Waals surface area (Å²) < 4.78 is 19.4. The van der Waals surface area contributed by atoms with Gasteiger partial charge in [-0.2, -0.15) is 0 Å². The van der Waals surface area contributed by atoms with Crippen LogP contribution in [0.3, 0.4) is 0 Å². The number of aromatic nitrogens is 1. The van der Waals surface area contributed by atoms with E-state index in [-0.39, 0.29) is 18.3 Å². The number of ether oxygens (including phenoxy) is 1. The second-order valence-corrected chi connectivity index (χ2v) is 6.20. The van der Waals surface area contributed by atoms with Gasteiger partial charge in [-0.25, -0.2) is 9.37 Å². The van der Waals surface area contributed by atoms with Gasteiger partial charge in [0.15, 0.2) is 11.7 Å². The highest BCUT2D eigenvalue weighted by molar-refractivity contribution is 7.22. The molecule has 0 radical (unpaired) electrons. The SMILES string of the molecule is Cc1cccc(OCC(=O)Nc2nc3ccc(F)cc3s2)c1C. The molecular formula is C17H15FN2O2S. The maximum atomic E-state index is 13.2. The van der Waals surface area contributed by atoms with Crippen LogP contribution in [-0.2, 0) is 4.79 Å². The number of aryl methyl sites for hydroxylation is 1. The Morgan fingerprint density at radius 1 is 1.30 bits per heavy atom. The van der Waals surface area contributed by atoms with Crippen LogP contribution in [0.1, 0.15) is 11.1 Å². The molecule has 1 aromatic heterocycles. The third-order valence-corrected chi connectivity index (χ3v) is 4.44. The van der Waals surface area contributed by atoms with E-state index in [0.29, 0.717) is 21.1 Å². The molecule has 0 saturated heterocycles. The maximum Gasteiger partial charge on any atom is 0.264 e. The maximum absolute atomic E-state index is 13.2. The first-order valence-corrected chi connectivity index (χ1v) is 7.89. The number of hydrogen-bond donors (Lipinski definition) is 1. The van der Waals surface area contributed by atoms with E-state index in [9.17, 15) is 9.18 Å². The van der Waals surface area contributed by atoms with E-state index in [1.165, 1.54) is 23.5 Å². The minimum absolute atomic E-state index is 0.103. The number of thiazole rings is 1. The van der Waals surface area contributed by atoms with Crippen molar-refractivity contribution in [3.63, 3.8) is 0 Å². The number of hydrogen-bond acceptors (Lipinski definition) is 4. The van der Waals surface area contributed by atoms with Gasteiger partial charge in [-0.1, -0.05) is 23.5 Å². The summed E-state index contributed by atoms with van der Waals surface area (Å²) in [6.07, 6.45) is 0. The van der Waals surface area contributed by atoms with Crippen molar-refractivity contribution in [2.24, 2.45) is 0 Å². The lowest BCUT2D eigenvalue weighted by Crippen LogP contribution is -2.20. The zero-order valence-corrected chi connectivity index (χ0v) is 13.5. The van der Waals surface area contributed by atoms with Crippen molar-refractivity contribution in [3.05, 3.63) is 53.3 Å². The molecule has 3 aromatic rings. The van der Waals surface area contributed by atoms with Crippen LogP contribution in [0, 0.1) is 19.7 Å². The van der Waals surface area contributed by atoms with Gasteiger partial charge in [0, 0.05) is 0 Å². The number of nitrogens with one attached hydrogen (secondary N) is 1. The first-order chi connectivity index (χ1) is 11.0. The predicted molar refractivity (Wildman–Crippen MR) is 89.6 cm³/mol. The summed E-state index contributed by atoms with van der Waals surface area (Å²) in [4.78, 5) is 16.2. The fourth-order valence-electron chi connectivity index (χ4n) is 2.13. The zero-order chi connectivity index (χ0) is 16.4. The van der Waals surface area contributed by atoms with Crippen molar-refractivity contribution >= 4 is 32.6 Å². The lowest BCUT2D eigenvalue weighted by atomic mass is 10.1. The Bertz CT molecular complexity index is 876. The van der Waals surface area contributed by atoms with Crippen molar-refractivity contribution in [3.8, 4) is 5.75 Å². The number of nitrogens with zero attached hydrogens (tertiary/aromatic N) is 1. The summed E-state index contributed by atoms with van der Waals surface area (Å²) in [6, 6.07) is 10.0. The van der Waals surface area contributed by atoms with E-state index >= 15 is 0 Å². The predicted octanol–water partition coefficient (Wildman–Crippen LogP) is 4.07. The van der Waals surface area contributed by atoms with E-state index in [1.54, 1.807) is 6.07 Å². The first-order valence-electron chi connectivity index (χ1n) is 7.08. The number of halogens is 1. The summed E-state index contributed by atoms with van der Waals surface area (Å²) in [6.45, 7) is 3.84. The highest BCUT2D eigenvalue weighted by atomic mass is 32.1. The molecule has 0 saturated carbocycles. The molecule has 23 heavy (non-hydrogen) atoms. The van der Waals surface area contributed by atoms with Gasteiger partial charge in [0.25, 0.3) is 5.91 Å². The number of rotatable bonds is 4. The van der Waals surface area contributed by atoms with E-state index in [2.05, 4.69) is 10.3 Å². The molecule has 6 heteroatoms. The number of anilines is 1. The highest BCUT2D eigenvalue weighted by Crippen LogP contribution is 2.26. The third kappa shape index (κ3) is 3.48. The van der Waals surface area contributed by atoms with Gasteiger partial charge in [0.05, 0.1) is 10.2 Å². The average molecular weight is 330 g/mol. The number of carbonyl (C=O) groups excluding carboxylic acids is 1. The van der Waals surface area contributed by atoms with E-state index < -0.39 is 0 Å². The van der Waals surface area contributed by atoms with Crippen molar-refractivity contribution < 1.29 is 13.9 Å². The van der Waals surface area contributed by atoms with Crippen LogP contribution in [0.2, 0.25) is 0 Å². The molecular weight excluding hydrogens is 315 g/mol. The fourth-order valence-corrected chi connectivity index (χ4v) is 3.04. The molecule has 3 rings (SSSR count). The second kappa shape index (κ2) is 6.34. The Kier molecular flexibility index (Phi) is 4.25. The van der Waals surface area contributed by atoms with Crippen LogP contribution in [0.5, 0.6) is 5.75 Å². The Morgan fingerprint density at radius 2 is 2.13 bits per heavy atom. The minimum Gasteiger partial charge on any atom is -0.483 e. The van der Waals surface area contributed by atoms with Gasteiger partial charge < -0.3 is 4.74 Å². The largest absolute Gasteiger partial charge is 0.483 e. The molecule has 1 heterocycles. The van der Waals surface area contributed by atoms with Crippen LogP contribution in [0.15, 0.2) is 36.4 Å². The number of fused-ring (bicyclic) bond motifs is 1. The normalized spacial score (nSPS) is 10.7. The van der Waals surface area contributed by atoms with Crippen LogP contribution in [0.25, 0.3) is 10.2 Å². The smallest absolute Gasteiger partial charge is 0.264 e. The van der Waals surface area contributed by atoms with Gasteiger partial charge >= 0.3 is 0 Å². The Morgan fingerprint density at radius 3 is 2.96 bits per heavy atom. The third-order valence-electron chi connectivity index (χ3n) is 3.51. The quantitative estimate of drug-likeness (QED) is 0.784. The molecule has 118 valence electrons. The van der Waals surface area contributed by atoms with Crippen molar-refractivity contribution in [2.45, 2.75) is 13.8 Å². The summed E-state index contributed by atoms with van der Waals surface area (Å²) >= 11 is 1.23. The van der Waals surface area contributed by atoms with E-state index in [1.807, 2.05) is 32.0 Å². The molecule has 0 bridgehead atoms. The second-order valence-electron chi connectivity index (χ2n) is 5.17. The molecule has 0 fully saturated rings. The Hall–Kier alpha value is -2.47. The van der Waals surface area contributed by atoms with Crippen LogP contribution >= 0.6 is 11.3 Å². The van der Waals surface area contributed by atoms with Crippen LogP contribution in [0.4, 0.5) is 9.52 Å². The summed E-state index contributed by atoms with van der Waals surface area (Å²) in [5.41, 5.74) is 2.77. The number of benzene rings is 2. The van der Waals surface area contributed by atoms with E-state index in [0.717, 1.165) is 11.1 Å². The highest BCUT2D eigenvalue weighted by Gasteiger charge is 2.10. The summed E-state index contributed by atoms with van der Waals surface area (Å²) in [5.74, 6) is 0.0641. The summed E-state index contributed by atoms with van der Waals surface area (Å²) in [7, 11) is 0. The lowest BCUT2D eigenvalue weighted by molar-refractivity contribution is -0.118. The molecule has 0 aliphatic rings. The molecule has 0 spiro atoms. The molecule has 2 aromatic carbocycles. The fraction of sp³-hybridized carbons (Fsp3) is 0.176. The molecule has 0 aliphatic carbocycles. The molecule has 0 atom stereocenters. The molecule has 1 amide bonds. The first kappa shape index (κ1) is 15.4. The standard InChI is InChI=1S/C17H15FN2O2S/c1-10-4-3-5-14(11(10)2)22-9-16(21)20-17-19-13-7-6-12(18)8-15(13)23-17/h3-8H,9H2,1-2H3,(H,19,20,21). The van der Waals surface area contributed by atoms with Crippen molar-refractivity contribution in [1.29, 1.82) is 0 Å². The van der Waals surface area contributed by atoms with Gasteiger partial charge in [0.2, 0.25) is 0 Å². The average Bonchev–Trinajstić information content (AvgIpc) is 2.90. The Labute approximate surface area is 136 Å². The number of carbonyl (C=O) groups is 1. The monoisotopic (exact) mass is 330 g/mol. The summed E-state index contributed by atoms with van der Waals surface area (Å²) in [5, 5.41) is 3.11. The Balaban J connectivity index is 1.65. The van der Waals surface area contributed by atoms with Crippen molar-refractivity contribution in [2.75, 3.05) is 11.9 Å². The van der Waals surface area contributed by atoms with Gasteiger partial charge in [0.1, 0.15) is 11.6 Å². The zero-order valence-electron chi connectivity index (χ0n) is 12.7. The van der Waals surface area contributed by atoms with Gasteiger partial charge in [-0.3, -0.25) is 10.1 Å². The molecule has 0 unspecified atom stereocenters. The van der Waals surface area contributed by atoms with Crippen LogP contribution < -0.4 is 10.1 Å². The molecule has 0 aliphatic heterocycles. The van der Waals surface area contributed by atoms with Crippen molar-refractivity contribution in [1.82, 2.24) is 4.98 Å². The molecule has 1 N–H and O–H groups in total. The van der Waals surface area contributed by atoms with E-state index in [4.69, 9.17) is 4.74 Å². The van der Waals surface area contributed by atoms with Crippen LogP contribution in [-0.4, -0.2) is 17.5 Å². The van der Waals surface area contributed by atoms with Gasteiger partial charge in [-0.05, 0) is 49.2 Å². The minimum atomic E-state index is -0.322.